The van der Waals surface area contributed by atoms with Gasteiger partial charge in [0, 0.05) is 0 Å². The number of aromatic amines is 1. The molecular weight excluding hydrogens is 296 g/mol. The zero-order valence-corrected chi connectivity index (χ0v) is 13.2. The second-order valence-electron chi connectivity index (χ2n) is 5.21. The molecule has 5 nitrogen and oxygen atoms in total. The largest absolute Gasteiger partial charge is 0.461 e. The SMILES string of the molecule is CC(C)c1ccc(C=Nn2c(-c3ccco3)n[nH]c2=S)cc1. The van der Waals surface area contributed by atoms with Crippen LogP contribution in [0.3, 0.4) is 0 Å². The van der Waals surface area contributed by atoms with Gasteiger partial charge in [0.15, 0.2) is 5.76 Å². The molecule has 0 unspecified atom stereocenters. The molecule has 0 radical (unpaired) electrons. The molecule has 0 atom stereocenters. The van der Waals surface area contributed by atoms with Gasteiger partial charge in [-0.2, -0.15) is 9.78 Å². The van der Waals surface area contributed by atoms with Gasteiger partial charge in [-0.05, 0) is 41.4 Å². The summed E-state index contributed by atoms with van der Waals surface area (Å²) in [4.78, 5) is 0. The van der Waals surface area contributed by atoms with Crippen LogP contribution in [0.15, 0.2) is 52.2 Å². The second kappa shape index (κ2) is 6.11. The van der Waals surface area contributed by atoms with Crippen molar-refractivity contribution in [2.24, 2.45) is 5.10 Å². The lowest BCUT2D eigenvalue weighted by Gasteiger charge is -2.04. The summed E-state index contributed by atoms with van der Waals surface area (Å²) in [7, 11) is 0. The Morgan fingerprint density at radius 2 is 2.05 bits per heavy atom. The highest BCUT2D eigenvalue weighted by Gasteiger charge is 2.10. The summed E-state index contributed by atoms with van der Waals surface area (Å²) in [5, 5.41) is 11.3. The van der Waals surface area contributed by atoms with Crippen LogP contribution in [-0.2, 0) is 0 Å². The van der Waals surface area contributed by atoms with E-state index < -0.39 is 0 Å². The van der Waals surface area contributed by atoms with E-state index in [0.29, 0.717) is 22.3 Å². The Bertz CT molecular complexity index is 826. The first-order valence-electron chi connectivity index (χ1n) is 7.01. The molecule has 22 heavy (non-hydrogen) atoms. The third-order valence-electron chi connectivity index (χ3n) is 3.32. The summed E-state index contributed by atoms with van der Waals surface area (Å²) in [5.74, 6) is 1.67. The van der Waals surface area contributed by atoms with Crippen LogP contribution in [0.2, 0.25) is 0 Å². The number of furan rings is 1. The first kappa shape index (κ1) is 14.5. The Balaban J connectivity index is 1.90. The molecule has 1 aromatic carbocycles. The van der Waals surface area contributed by atoms with E-state index in [4.69, 9.17) is 16.6 Å². The number of hydrogen-bond acceptors (Lipinski definition) is 4. The van der Waals surface area contributed by atoms with Gasteiger partial charge in [0.1, 0.15) is 0 Å². The predicted octanol–water partition coefficient (Wildman–Crippen LogP) is 4.21. The van der Waals surface area contributed by atoms with Gasteiger partial charge in [0.05, 0.1) is 12.5 Å². The summed E-state index contributed by atoms with van der Waals surface area (Å²) < 4.78 is 7.31. The summed E-state index contributed by atoms with van der Waals surface area (Å²) >= 11 is 5.21. The van der Waals surface area contributed by atoms with Crippen LogP contribution in [0.4, 0.5) is 0 Å². The molecule has 0 aliphatic heterocycles. The Hall–Kier alpha value is -2.47. The van der Waals surface area contributed by atoms with Crippen molar-refractivity contribution in [2.75, 3.05) is 0 Å². The summed E-state index contributed by atoms with van der Waals surface area (Å²) in [6, 6.07) is 11.9. The molecule has 0 bridgehead atoms. The van der Waals surface area contributed by atoms with Crippen molar-refractivity contribution in [1.82, 2.24) is 14.9 Å². The van der Waals surface area contributed by atoms with Crippen LogP contribution in [0.5, 0.6) is 0 Å². The fraction of sp³-hybridized carbons (Fsp3) is 0.188. The molecule has 3 aromatic rings. The topological polar surface area (TPSA) is 59.1 Å². The summed E-state index contributed by atoms with van der Waals surface area (Å²) in [6.45, 7) is 4.34. The van der Waals surface area contributed by atoms with Crippen LogP contribution >= 0.6 is 12.2 Å². The lowest BCUT2D eigenvalue weighted by atomic mass is 10.0. The predicted molar refractivity (Wildman–Crippen MR) is 88.6 cm³/mol. The standard InChI is InChI=1S/C16H16N4OS/c1-11(2)13-7-5-12(6-8-13)10-17-20-15(18-19-16(20)22)14-4-3-9-21-14/h3-11H,1-2H3,(H,19,22). The van der Waals surface area contributed by atoms with Crippen LogP contribution in [0.25, 0.3) is 11.6 Å². The van der Waals surface area contributed by atoms with Crippen molar-refractivity contribution in [1.29, 1.82) is 0 Å². The van der Waals surface area contributed by atoms with Crippen molar-refractivity contribution < 1.29 is 4.42 Å². The zero-order valence-electron chi connectivity index (χ0n) is 12.4. The molecule has 0 saturated heterocycles. The molecule has 2 heterocycles. The number of H-pyrrole nitrogens is 1. The molecule has 2 aromatic heterocycles. The lowest BCUT2D eigenvalue weighted by molar-refractivity contribution is 0.573. The molecule has 112 valence electrons. The monoisotopic (exact) mass is 312 g/mol. The van der Waals surface area contributed by atoms with E-state index in [2.05, 4.69) is 41.3 Å². The van der Waals surface area contributed by atoms with Crippen molar-refractivity contribution in [3.63, 3.8) is 0 Å². The average Bonchev–Trinajstić information content (AvgIpc) is 3.15. The van der Waals surface area contributed by atoms with Gasteiger partial charge in [0.25, 0.3) is 0 Å². The number of aromatic nitrogens is 3. The maximum absolute atomic E-state index is 5.34. The Morgan fingerprint density at radius 3 is 2.68 bits per heavy atom. The van der Waals surface area contributed by atoms with E-state index in [0.717, 1.165) is 5.56 Å². The fourth-order valence-corrected chi connectivity index (χ4v) is 2.23. The molecule has 0 fully saturated rings. The molecule has 0 amide bonds. The highest BCUT2D eigenvalue weighted by atomic mass is 32.1. The number of rotatable bonds is 4. The van der Waals surface area contributed by atoms with Gasteiger partial charge in [-0.15, -0.1) is 5.10 Å². The Kier molecular flexibility index (Phi) is 4.02. The number of benzene rings is 1. The minimum Gasteiger partial charge on any atom is -0.461 e. The van der Waals surface area contributed by atoms with Crippen LogP contribution in [-0.4, -0.2) is 21.1 Å². The van der Waals surface area contributed by atoms with Crippen LogP contribution < -0.4 is 0 Å². The second-order valence-corrected chi connectivity index (χ2v) is 5.59. The first-order valence-corrected chi connectivity index (χ1v) is 7.41. The van der Waals surface area contributed by atoms with Crippen LogP contribution in [0, 0.1) is 4.77 Å². The van der Waals surface area contributed by atoms with E-state index in [1.54, 1.807) is 23.2 Å². The highest BCUT2D eigenvalue weighted by molar-refractivity contribution is 7.71. The maximum Gasteiger partial charge on any atom is 0.219 e. The Morgan fingerprint density at radius 1 is 1.27 bits per heavy atom. The van der Waals surface area contributed by atoms with Crippen molar-refractivity contribution >= 4 is 18.4 Å². The normalized spacial score (nSPS) is 11.6. The number of nitrogens with zero attached hydrogens (tertiary/aromatic N) is 3. The fourth-order valence-electron chi connectivity index (χ4n) is 2.06. The minimum atomic E-state index is 0.418. The van der Waals surface area contributed by atoms with E-state index in [-0.39, 0.29) is 0 Å². The van der Waals surface area contributed by atoms with Crippen molar-refractivity contribution in [2.45, 2.75) is 19.8 Å². The minimum absolute atomic E-state index is 0.418. The zero-order chi connectivity index (χ0) is 15.5. The molecule has 6 heteroatoms. The Labute approximate surface area is 133 Å². The number of nitrogens with one attached hydrogen (secondary N) is 1. The molecular formula is C16H16N4OS. The van der Waals surface area contributed by atoms with Gasteiger partial charge in [-0.3, -0.25) is 0 Å². The third kappa shape index (κ3) is 2.92. The van der Waals surface area contributed by atoms with E-state index in [9.17, 15) is 0 Å². The van der Waals surface area contributed by atoms with Gasteiger partial charge in [0.2, 0.25) is 10.6 Å². The molecule has 3 rings (SSSR count). The summed E-state index contributed by atoms with van der Waals surface area (Å²) in [5.41, 5.74) is 2.30. The average molecular weight is 312 g/mol. The van der Waals surface area contributed by atoms with Gasteiger partial charge in [-0.25, -0.2) is 5.10 Å². The third-order valence-corrected chi connectivity index (χ3v) is 3.58. The number of hydrogen-bond donors (Lipinski definition) is 1. The van der Waals surface area contributed by atoms with Crippen molar-refractivity contribution in [3.05, 3.63) is 58.6 Å². The molecule has 0 aliphatic carbocycles. The first-order chi connectivity index (χ1) is 10.6. The summed E-state index contributed by atoms with van der Waals surface area (Å²) in [6.07, 6.45) is 3.34. The van der Waals surface area contributed by atoms with E-state index >= 15 is 0 Å². The molecule has 0 saturated carbocycles. The van der Waals surface area contributed by atoms with Gasteiger partial charge >= 0.3 is 0 Å². The van der Waals surface area contributed by atoms with Crippen molar-refractivity contribution in [3.8, 4) is 11.6 Å². The lowest BCUT2D eigenvalue weighted by Crippen LogP contribution is -1.94. The van der Waals surface area contributed by atoms with Gasteiger partial charge < -0.3 is 4.42 Å². The highest BCUT2D eigenvalue weighted by Crippen LogP contribution is 2.17. The smallest absolute Gasteiger partial charge is 0.219 e. The molecule has 0 spiro atoms. The van der Waals surface area contributed by atoms with Crippen LogP contribution in [0.1, 0.15) is 30.9 Å². The molecule has 1 N–H and O–H groups in total. The molecule has 0 aliphatic rings. The van der Waals surface area contributed by atoms with E-state index in [1.165, 1.54) is 5.56 Å². The maximum atomic E-state index is 5.34. The van der Waals surface area contributed by atoms with Gasteiger partial charge in [-0.1, -0.05) is 38.1 Å². The van der Waals surface area contributed by atoms with E-state index in [1.807, 2.05) is 18.2 Å². The quantitative estimate of drug-likeness (QED) is 0.580.